The van der Waals surface area contributed by atoms with E-state index in [0.717, 1.165) is 11.8 Å². The number of nitrogens with one attached hydrogen (secondary N) is 2. The zero-order chi connectivity index (χ0) is 24.0. The molecule has 0 aliphatic heterocycles. The Labute approximate surface area is 196 Å². The van der Waals surface area contributed by atoms with Crippen molar-refractivity contribution in [2.24, 2.45) is 0 Å². The number of methoxy groups -OCH3 is 2. The maximum Gasteiger partial charge on any atom is 0.234 e. The number of aromatic nitrogens is 3. The van der Waals surface area contributed by atoms with E-state index in [-0.39, 0.29) is 11.7 Å². The molecule has 0 radical (unpaired) electrons. The molecule has 0 aliphatic carbocycles. The molecule has 176 valence electrons. The molecule has 3 aromatic rings. The third kappa shape index (κ3) is 6.39. The zero-order valence-corrected chi connectivity index (χ0v) is 20.3. The number of hydrogen-bond donors (Lipinski definition) is 2. The molecule has 1 amide bonds. The van der Waals surface area contributed by atoms with E-state index in [1.54, 1.807) is 49.6 Å². The van der Waals surface area contributed by atoms with E-state index in [4.69, 9.17) is 9.47 Å². The second kappa shape index (κ2) is 10.6. The second-order valence-electron chi connectivity index (χ2n) is 6.91. The van der Waals surface area contributed by atoms with E-state index >= 15 is 0 Å². The Bertz CT molecular complexity index is 1230. The van der Waals surface area contributed by atoms with Gasteiger partial charge in [-0.1, -0.05) is 11.8 Å². The van der Waals surface area contributed by atoms with E-state index in [0.29, 0.717) is 40.4 Å². The van der Waals surface area contributed by atoms with Crippen molar-refractivity contribution in [2.75, 3.05) is 36.3 Å². The number of benzene rings is 2. The first-order valence-corrected chi connectivity index (χ1v) is 12.8. The summed E-state index contributed by atoms with van der Waals surface area (Å²) in [4.78, 5) is 12.5. The molecule has 2 N–H and O–H groups in total. The standard InChI is InChI=1S/C21H25N5O5S2/c1-5-26-20(14-6-8-15(9-7-14)25-33(4,28)29)23-24-21(26)32-13-19(27)22-17-12-16(30-2)10-11-18(17)31-3/h6-12,25H,5,13H2,1-4H3,(H,22,27). The number of carbonyl (C=O) groups is 1. The van der Waals surface area contributed by atoms with Crippen LogP contribution in [0, 0.1) is 0 Å². The third-order valence-corrected chi connectivity index (χ3v) is 6.07. The summed E-state index contributed by atoms with van der Waals surface area (Å²) in [5.74, 6) is 1.65. The van der Waals surface area contributed by atoms with Gasteiger partial charge in [-0.3, -0.25) is 9.52 Å². The third-order valence-electron chi connectivity index (χ3n) is 4.49. The van der Waals surface area contributed by atoms with E-state index in [1.165, 1.54) is 18.9 Å². The van der Waals surface area contributed by atoms with Crippen molar-refractivity contribution < 1.29 is 22.7 Å². The molecule has 0 spiro atoms. The lowest BCUT2D eigenvalue weighted by Gasteiger charge is -2.12. The number of amides is 1. The van der Waals surface area contributed by atoms with E-state index in [1.807, 2.05) is 11.5 Å². The molecule has 33 heavy (non-hydrogen) atoms. The number of hydrogen-bond acceptors (Lipinski definition) is 8. The van der Waals surface area contributed by atoms with Crippen LogP contribution in [0.5, 0.6) is 11.5 Å². The molecule has 1 heterocycles. The Kier molecular flexibility index (Phi) is 7.82. The zero-order valence-electron chi connectivity index (χ0n) is 18.7. The van der Waals surface area contributed by atoms with Gasteiger partial charge in [-0.05, 0) is 43.3 Å². The molecule has 12 heteroatoms. The number of carbonyl (C=O) groups excluding carboxylic acids is 1. The Morgan fingerprint density at radius 1 is 1.09 bits per heavy atom. The van der Waals surface area contributed by atoms with Gasteiger partial charge in [0, 0.05) is 23.9 Å². The molecule has 1 aromatic heterocycles. The van der Waals surface area contributed by atoms with Crippen molar-refractivity contribution >= 4 is 39.1 Å². The van der Waals surface area contributed by atoms with Gasteiger partial charge in [0.25, 0.3) is 0 Å². The lowest BCUT2D eigenvalue weighted by Crippen LogP contribution is -2.15. The number of thioether (sulfide) groups is 1. The molecule has 0 unspecified atom stereocenters. The normalized spacial score (nSPS) is 11.2. The number of sulfonamides is 1. The topological polar surface area (TPSA) is 124 Å². The van der Waals surface area contributed by atoms with Gasteiger partial charge in [0.2, 0.25) is 15.9 Å². The molecule has 3 rings (SSSR count). The highest BCUT2D eigenvalue weighted by molar-refractivity contribution is 7.99. The lowest BCUT2D eigenvalue weighted by atomic mass is 10.2. The molecule has 10 nitrogen and oxygen atoms in total. The van der Waals surface area contributed by atoms with Crippen molar-refractivity contribution in [1.82, 2.24) is 14.8 Å². The van der Waals surface area contributed by atoms with Crippen LogP contribution in [0.4, 0.5) is 11.4 Å². The summed E-state index contributed by atoms with van der Waals surface area (Å²) in [5, 5.41) is 11.9. The highest BCUT2D eigenvalue weighted by Crippen LogP contribution is 2.30. The van der Waals surface area contributed by atoms with Crippen LogP contribution >= 0.6 is 11.8 Å². The van der Waals surface area contributed by atoms with Gasteiger partial charge < -0.3 is 19.4 Å². The van der Waals surface area contributed by atoms with Gasteiger partial charge in [0.1, 0.15) is 11.5 Å². The molecule has 2 aromatic carbocycles. The summed E-state index contributed by atoms with van der Waals surface area (Å²) in [5.41, 5.74) is 1.76. The molecule has 0 saturated carbocycles. The van der Waals surface area contributed by atoms with Gasteiger partial charge >= 0.3 is 0 Å². The Morgan fingerprint density at radius 3 is 2.42 bits per heavy atom. The first-order chi connectivity index (χ1) is 15.7. The van der Waals surface area contributed by atoms with Crippen LogP contribution in [-0.2, 0) is 21.4 Å². The number of anilines is 2. The highest BCUT2D eigenvalue weighted by atomic mass is 32.2. The minimum atomic E-state index is -3.35. The lowest BCUT2D eigenvalue weighted by molar-refractivity contribution is -0.113. The maximum absolute atomic E-state index is 12.5. The number of rotatable bonds is 10. The fourth-order valence-electron chi connectivity index (χ4n) is 3.02. The van der Waals surface area contributed by atoms with Crippen LogP contribution in [0.2, 0.25) is 0 Å². The fourth-order valence-corrected chi connectivity index (χ4v) is 4.39. The van der Waals surface area contributed by atoms with Crippen LogP contribution < -0.4 is 19.5 Å². The average Bonchev–Trinajstić information content (AvgIpc) is 3.20. The number of ether oxygens (including phenoxy) is 2. The van der Waals surface area contributed by atoms with Gasteiger partial charge in [-0.25, -0.2) is 8.42 Å². The first-order valence-electron chi connectivity index (χ1n) is 9.90. The maximum atomic E-state index is 12.5. The van der Waals surface area contributed by atoms with Crippen molar-refractivity contribution in [3.05, 3.63) is 42.5 Å². The minimum Gasteiger partial charge on any atom is -0.497 e. The molecule has 0 atom stereocenters. The molecule has 0 aliphatic rings. The first kappa shape index (κ1) is 24.4. The van der Waals surface area contributed by atoms with Crippen LogP contribution in [0.3, 0.4) is 0 Å². The summed E-state index contributed by atoms with van der Waals surface area (Å²) in [6, 6.07) is 12.0. The van der Waals surface area contributed by atoms with Crippen molar-refractivity contribution in [1.29, 1.82) is 0 Å². The largest absolute Gasteiger partial charge is 0.497 e. The van der Waals surface area contributed by atoms with Crippen LogP contribution in [0.25, 0.3) is 11.4 Å². The molecule has 0 fully saturated rings. The van der Waals surface area contributed by atoms with Crippen LogP contribution in [0.15, 0.2) is 47.6 Å². The molecular formula is C21H25N5O5S2. The fraction of sp³-hybridized carbons (Fsp3) is 0.286. The predicted molar refractivity (Wildman–Crippen MR) is 128 cm³/mol. The van der Waals surface area contributed by atoms with Gasteiger partial charge in [0.05, 0.1) is 31.9 Å². The number of nitrogens with zero attached hydrogens (tertiary/aromatic N) is 3. The summed E-state index contributed by atoms with van der Waals surface area (Å²) < 4.78 is 37.6. The molecule has 0 bridgehead atoms. The molecule has 0 saturated heterocycles. The summed E-state index contributed by atoms with van der Waals surface area (Å²) >= 11 is 1.26. The average molecular weight is 492 g/mol. The molecular weight excluding hydrogens is 466 g/mol. The minimum absolute atomic E-state index is 0.121. The monoisotopic (exact) mass is 491 g/mol. The van der Waals surface area contributed by atoms with Crippen molar-refractivity contribution in [2.45, 2.75) is 18.6 Å². The van der Waals surface area contributed by atoms with E-state index < -0.39 is 10.0 Å². The highest BCUT2D eigenvalue weighted by Gasteiger charge is 2.16. The predicted octanol–water partition coefficient (Wildman–Crippen LogP) is 3.08. The van der Waals surface area contributed by atoms with Crippen molar-refractivity contribution in [3.63, 3.8) is 0 Å². The van der Waals surface area contributed by atoms with Crippen LogP contribution in [0.1, 0.15) is 6.92 Å². The van der Waals surface area contributed by atoms with Crippen LogP contribution in [-0.4, -0.2) is 55.3 Å². The smallest absolute Gasteiger partial charge is 0.234 e. The van der Waals surface area contributed by atoms with E-state index in [2.05, 4.69) is 20.2 Å². The SMILES string of the molecule is CCn1c(SCC(=O)Nc2cc(OC)ccc2OC)nnc1-c1ccc(NS(C)(=O)=O)cc1. The van der Waals surface area contributed by atoms with Gasteiger partial charge in [0.15, 0.2) is 11.0 Å². The van der Waals surface area contributed by atoms with Crippen molar-refractivity contribution in [3.8, 4) is 22.9 Å². The van der Waals surface area contributed by atoms with E-state index in [9.17, 15) is 13.2 Å². The van der Waals surface area contributed by atoms with Gasteiger partial charge in [-0.15, -0.1) is 10.2 Å². The summed E-state index contributed by atoms with van der Waals surface area (Å²) in [7, 11) is -0.270. The Morgan fingerprint density at radius 2 is 1.82 bits per heavy atom. The second-order valence-corrected chi connectivity index (χ2v) is 9.60. The quantitative estimate of drug-likeness (QED) is 0.415. The Balaban J connectivity index is 1.70. The summed E-state index contributed by atoms with van der Waals surface area (Å²) in [6.45, 7) is 2.55. The Hall–Kier alpha value is -3.25. The summed E-state index contributed by atoms with van der Waals surface area (Å²) in [6.07, 6.45) is 1.10. The van der Waals surface area contributed by atoms with Gasteiger partial charge in [-0.2, -0.15) is 0 Å².